The third-order valence-corrected chi connectivity index (χ3v) is 4.28. The van der Waals surface area contributed by atoms with Gasteiger partial charge in [0, 0.05) is 10.4 Å². The maximum Gasteiger partial charge on any atom is 0.138 e. The van der Waals surface area contributed by atoms with Gasteiger partial charge in [-0.15, -0.1) is 11.3 Å². The van der Waals surface area contributed by atoms with Crippen molar-refractivity contribution in [3.8, 4) is 17.0 Å². The first-order valence-electron chi connectivity index (χ1n) is 7.19. The summed E-state index contributed by atoms with van der Waals surface area (Å²) in [4.78, 5) is 6.04. The predicted molar refractivity (Wildman–Crippen MR) is 91.6 cm³/mol. The molecule has 0 aliphatic heterocycles. The molecule has 1 aromatic carbocycles. The van der Waals surface area contributed by atoms with E-state index in [9.17, 15) is 0 Å². The van der Waals surface area contributed by atoms with Gasteiger partial charge in [0.1, 0.15) is 5.75 Å². The Kier molecular flexibility index (Phi) is 4.95. The topological polar surface area (TPSA) is 22.1 Å². The van der Waals surface area contributed by atoms with E-state index in [1.165, 1.54) is 4.88 Å². The average molecular weight is 324 g/mol. The first kappa shape index (κ1) is 16.3. The zero-order valence-electron chi connectivity index (χ0n) is 13.3. The summed E-state index contributed by atoms with van der Waals surface area (Å²) < 4.78 is 5.59. The summed E-state index contributed by atoms with van der Waals surface area (Å²) in [5, 5.41) is 1.74. The molecule has 21 heavy (non-hydrogen) atoms. The Balaban J connectivity index is 2.44. The molecule has 0 atom stereocenters. The van der Waals surface area contributed by atoms with Crippen LogP contribution in [0.5, 0.6) is 5.75 Å². The minimum Gasteiger partial charge on any atom is -0.492 e. The van der Waals surface area contributed by atoms with Crippen LogP contribution in [0.1, 0.15) is 37.6 Å². The number of halogens is 1. The third-order valence-electron chi connectivity index (χ3n) is 3.00. The summed E-state index contributed by atoms with van der Waals surface area (Å²) in [6, 6.07) is 5.90. The molecule has 0 unspecified atom stereocenters. The minimum atomic E-state index is 0.239. The van der Waals surface area contributed by atoms with Crippen LogP contribution in [0.4, 0.5) is 0 Å². The van der Waals surface area contributed by atoms with Crippen molar-refractivity contribution in [2.45, 2.75) is 41.0 Å². The molecular formula is C17H22ClNOS. The zero-order valence-corrected chi connectivity index (χ0v) is 14.9. The molecule has 2 nitrogen and oxygen atoms in total. The van der Waals surface area contributed by atoms with Crippen LogP contribution in [0.3, 0.4) is 0 Å². The molecule has 0 amide bonds. The number of ether oxygens (including phenoxy) is 1. The van der Waals surface area contributed by atoms with Crippen molar-refractivity contribution in [1.82, 2.24) is 4.98 Å². The first-order valence-corrected chi connectivity index (χ1v) is 8.38. The van der Waals surface area contributed by atoms with Crippen LogP contribution >= 0.6 is 22.9 Å². The van der Waals surface area contributed by atoms with Gasteiger partial charge in [-0.3, -0.25) is 0 Å². The summed E-state index contributed by atoms with van der Waals surface area (Å²) >= 11 is 7.95. The van der Waals surface area contributed by atoms with Gasteiger partial charge < -0.3 is 4.74 Å². The molecule has 0 fully saturated rings. The highest BCUT2D eigenvalue weighted by molar-refractivity contribution is 7.12. The summed E-state index contributed by atoms with van der Waals surface area (Å²) in [6.07, 6.45) is 1.01. The number of aryl methyl sites for hydroxylation is 1. The fraction of sp³-hybridized carbons (Fsp3) is 0.471. The Labute approximate surface area is 136 Å². The molecule has 2 rings (SSSR count). The van der Waals surface area contributed by atoms with E-state index in [0.717, 1.165) is 28.4 Å². The Hall–Kier alpha value is -1.06. The van der Waals surface area contributed by atoms with Gasteiger partial charge in [0.05, 0.1) is 22.3 Å². The maximum atomic E-state index is 6.17. The number of benzene rings is 1. The number of thiazole rings is 1. The molecular weight excluding hydrogens is 302 g/mol. The van der Waals surface area contributed by atoms with E-state index >= 15 is 0 Å². The van der Waals surface area contributed by atoms with Crippen molar-refractivity contribution in [3.05, 3.63) is 33.1 Å². The van der Waals surface area contributed by atoms with Gasteiger partial charge >= 0.3 is 0 Å². The molecule has 0 N–H and O–H groups in total. The molecule has 0 radical (unpaired) electrons. The second-order valence-electron chi connectivity index (χ2n) is 6.32. The number of hydrogen-bond acceptors (Lipinski definition) is 3. The highest BCUT2D eigenvalue weighted by atomic mass is 35.5. The monoisotopic (exact) mass is 323 g/mol. The van der Waals surface area contributed by atoms with E-state index in [1.54, 1.807) is 11.3 Å². The summed E-state index contributed by atoms with van der Waals surface area (Å²) in [6.45, 7) is 11.4. The first-order chi connectivity index (χ1) is 9.80. The molecule has 0 aliphatic rings. The Morgan fingerprint density at radius 3 is 2.62 bits per heavy atom. The number of aromatic nitrogens is 1. The third kappa shape index (κ3) is 4.21. The van der Waals surface area contributed by atoms with Crippen LogP contribution in [0.2, 0.25) is 5.02 Å². The van der Waals surface area contributed by atoms with Crippen LogP contribution in [-0.4, -0.2) is 11.6 Å². The molecule has 0 bridgehead atoms. The molecule has 0 spiro atoms. The standard InChI is InChI=1S/C17H22ClNOS/c1-6-20-14-9-12(7-8-13(14)18)16-15(10-17(3,4)5)21-11(2)19-16/h7-9H,6,10H2,1-5H3. The lowest BCUT2D eigenvalue weighted by molar-refractivity contribution is 0.340. The molecule has 1 aromatic heterocycles. The quantitative estimate of drug-likeness (QED) is 0.713. The molecule has 4 heteroatoms. The summed E-state index contributed by atoms with van der Waals surface area (Å²) in [5.41, 5.74) is 2.37. The molecule has 1 heterocycles. The number of hydrogen-bond donors (Lipinski definition) is 0. The fourth-order valence-corrected chi connectivity index (χ4v) is 3.64. The van der Waals surface area contributed by atoms with Gasteiger partial charge in [0.25, 0.3) is 0 Å². The van der Waals surface area contributed by atoms with Crippen LogP contribution in [-0.2, 0) is 6.42 Å². The zero-order chi connectivity index (χ0) is 15.6. The predicted octanol–water partition coefficient (Wildman–Crippen LogP) is 5.76. The minimum absolute atomic E-state index is 0.239. The van der Waals surface area contributed by atoms with E-state index in [2.05, 4.69) is 27.7 Å². The van der Waals surface area contributed by atoms with Gasteiger partial charge in [-0.2, -0.15) is 0 Å². The van der Waals surface area contributed by atoms with Crippen molar-refractivity contribution in [2.24, 2.45) is 5.41 Å². The van der Waals surface area contributed by atoms with E-state index in [-0.39, 0.29) is 5.41 Å². The molecule has 114 valence electrons. The van der Waals surface area contributed by atoms with E-state index in [4.69, 9.17) is 21.3 Å². The van der Waals surface area contributed by atoms with Crippen LogP contribution in [0.25, 0.3) is 11.3 Å². The number of nitrogens with zero attached hydrogens (tertiary/aromatic N) is 1. The van der Waals surface area contributed by atoms with Gasteiger partial charge in [0.2, 0.25) is 0 Å². The second-order valence-corrected chi connectivity index (χ2v) is 8.02. The van der Waals surface area contributed by atoms with Gasteiger partial charge in [0.15, 0.2) is 0 Å². The van der Waals surface area contributed by atoms with Crippen LogP contribution < -0.4 is 4.74 Å². The Morgan fingerprint density at radius 2 is 2.00 bits per heavy atom. The van der Waals surface area contributed by atoms with Crippen molar-refractivity contribution < 1.29 is 4.74 Å². The van der Waals surface area contributed by atoms with Crippen LogP contribution in [0.15, 0.2) is 18.2 Å². The lowest BCUT2D eigenvalue weighted by Crippen LogP contribution is -2.08. The summed E-state index contributed by atoms with van der Waals surface area (Å²) in [7, 11) is 0. The lowest BCUT2D eigenvalue weighted by atomic mass is 9.90. The molecule has 0 aliphatic carbocycles. The van der Waals surface area contributed by atoms with E-state index in [0.29, 0.717) is 11.6 Å². The van der Waals surface area contributed by atoms with Gasteiger partial charge in [-0.25, -0.2) is 4.98 Å². The highest BCUT2D eigenvalue weighted by Crippen LogP contribution is 2.36. The van der Waals surface area contributed by atoms with Crippen molar-refractivity contribution in [1.29, 1.82) is 0 Å². The molecule has 0 saturated heterocycles. The molecule has 0 saturated carbocycles. The van der Waals surface area contributed by atoms with Crippen molar-refractivity contribution in [3.63, 3.8) is 0 Å². The average Bonchev–Trinajstić information content (AvgIpc) is 2.71. The maximum absolute atomic E-state index is 6.17. The van der Waals surface area contributed by atoms with Crippen molar-refractivity contribution in [2.75, 3.05) is 6.61 Å². The van der Waals surface area contributed by atoms with Gasteiger partial charge in [-0.05, 0) is 37.8 Å². The Morgan fingerprint density at radius 1 is 1.29 bits per heavy atom. The van der Waals surface area contributed by atoms with Crippen molar-refractivity contribution >= 4 is 22.9 Å². The largest absolute Gasteiger partial charge is 0.492 e. The lowest BCUT2D eigenvalue weighted by Gasteiger charge is -2.17. The van der Waals surface area contributed by atoms with E-state index in [1.807, 2.05) is 25.1 Å². The van der Waals surface area contributed by atoms with Gasteiger partial charge in [-0.1, -0.05) is 38.4 Å². The smallest absolute Gasteiger partial charge is 0.138 e. The Bertz CT molecular complexity index is 628. The fourth-order valence-electron chi connectivity index (χ4n) is 2.21. The van der Waals surface area contributed by atoms with E-state index < -0.39 is 0 Å². The molecule has 2 aromatic rings. The van der Waals surface area contributed by atoms with Crippen LogP contribution in [0, 0.1) is 12.3 Å². The SMILES string of the molecule is CCOc1cc(-c2nc(C)sc2CC(C)(C)C)ccc1Cl. The highest BCUT2D eigenvalue weighted by Gasteiger charge is 2.19. The summed E-state index contributed by atoms with van der Waals surface area (Å²) in [5.74, 6) is 0.726. The normalized spacial score (nSPS) is 11.7. The second kappa shape index (κ2) is 6.37. The number of rotatable bonds is 4.